The van der Waals surface area contributed by atoms with E-state index >= 15 is 0 Å². The van der Waals surface area contributed by atoms with Crippen LogP contribution in [-0.2, 0) is 0 Å². The van der Waals surface area contributed by atoms with Gasteiger partial charge in [-0.1, -0.05) is 0 Å². The van der Waals surface area contributed by atoms with E-state index in [1.165, 1.54) is 0 Å². The maximum Gasteiger partial charge on any atom is 0.182 e. The molecular weight excluding hydrogens is 208 g/mol. The first-order chi connectivity index (χ1) is 7.27. The number of thioether (sulfide) groups is 1. The SMILES string of the molecule is Cc1ccc(C(=O)C2CSCCN2)cn1. The molecule has 15 heavy (non-hydrogen) atoms. The van der Waals surface area contributed by atoms with Gasteiger partial charge in [0, 0.05) is 35.5 Å². The highest BCUT2D eigenvalue weighted by molar-refractivity contribution is 7.99. The molecular formula is C11H14N2OS. The van der Waals surface area contributed by atoms with Crippen LogP contribution < -0.4 is 5.32 Å². The van der Waals surface area contributed by atoms with Gasteiger partial charge >= 0.3 is 0 Å². The standard InChI is InChI=1S/C11H14N2OS/c1-8-2-3-9(6-13-8)11(14)10-7-15-5-4-12-10/h2-3,6,10,12H,4-5,7H2,1H3. The Kier molecular flexibility index (Phi) is 3.38. The number of aryl methyl sites for hydroxylation is 1. The van der Waals surface area contributed by atoms with Gasteiger partial charge in [0.05, 0.1) is 6.04 Å². The molecule has 1 aliphatic heterocycles. The van der Waals surface area contributed by atoms with Crippen molar-refractivity contribution >= 4 is 17.5 Å². The van der Waals surface area contributed by atoms with E-state index in [9.17, 15) is 4.79 Å². The molecule has 1 aliphatic rings. The fourth-order valence-electron chi connectivity index (χ4n) is 1.55. The number of carbonyl (C=O) groups excluding carboxylic acids is 1. The maximum absolute atomic E-state index is 12.0. The Morgan fingerprint density at radius 1 is 1.60 bits per heavy atom. The Morgan fingerprint density at radius 2 is 2.47 bits per heavy atom. The molecule has 4 heteroatoms. The molecule has 0 amide bonds. The molecule has 0 spiro atoms. The van der Waals surface area contributed by atoms with Gasteiger partial charge in [0.1, 0.15) is 0 Å². The lowest BCUT2D eigenvalue weighted by atomic mass is 10.1. The van der Waals surface area contributed by atoms with Crippen molar-refractivity contribution in [2.75, 3.05) is 18.1 Å². The summed E-state index contributed by atoms with van der Waals surface area (Å²) in [7, 11) is 0. The van der Waals surface area contributed by atoms with Gasteiger partial charge in [-0.2, -0.15) is 11.8 Å². The summed E-state index contributed by atoms with van der Waals surface area (Å²) >= 11 is 1.83. The number of rotatable bonds is 2. The number of carbonyl (C=O) groups is 1. The number of ketones is 1. The Labute approximate surface area is 93.7 Å². The van der Waals surface area contributed by atoms with Crippen molar-refractivity contribution in [1.29, 1.82) is 0 Å². The first-order valence-corrected chi connectivity index (χ1v) is 6.21. The van der Waals surface area contributed by atoms with Gasteiger partial charge in [0.15, 0.2) is 5.78 Å². The fraction of sp³-hybridized carbons (Fsp3) is 0.455. The molecule has 3 nitrogen and oxygen atoms in total. The van der Waals surface area contributed by atoms with Crippen LogP contribution in [0.4, 0.5) is 0 Å². The maximum atomic E-state index is 12.0. The number of Topliss-reactive ketones (excluding diaryl/α,β-unsaturated/α-hetero) is 1. The molecule has 2 rings (SSSR count). The van der Waals surface area contributed by atoms with Crippen molar-refractivity contribution in [2.24, 2.45) is 0 Å². The van der Waals surface area contributed by atoms with Crippen molar-refractivity contribution in [3.63, 3.8) is 0 Å². The Hall–Kier alpha value is -0.870. The molecule has 1 atom stereocenters. The van der Waals surface area contributed by atoms with Crippen molar-refractivity contribution < 1.29 is 4.79 Å². The number of pyridine rings is 1. The first-order valence-electron chi connectivity index (χ1n) is 5.05. The molecule has 0 aromatic carbocycles. The van der Waals surface area contributed by atoms with E-state index in [4.69, 9.17) is 0 Å². The monoisotopic (exact) mass is 222 g/mol. The van der Waals surface area contributed by atoms with Crippen LogP contribution in [-0.4, -0.2) is 34.9 Å². The second-order valence-electron chi connectivity index (χ2n) is 3.63. The zero-order valence-electron chi connectivity index (χ0n) is 8.69. The van der Waals surface area contributed by atoms with Crippen LogP contribution in [0, 0.1) is 6.92 Å². The molecule has 1 aromatic heterocycles. The topological polar surface area (TPSA) is 42.0 Å². The summed E-state index contributed by atoms with van der Waals surface area (Å²) < 4.78 is 0. The van der Waals surface area contributed by atoms with Crippen molar-refractivity contribution in [3.05, 3.63) is 29.6 Å². The normalized spacial score (nSPS) is 21.3. The van der Waals surface area contributed by atoms with Crippen LogP contribution in [0.25, 0.3) is 0 Å². The number of aromatic nitrogens is 1. The molecule has 0 bridgehead atoms. The summed E-state index contributed by atoms with van der Waals surface area (Å²) in [5.41, 5.74) is 1.65. The highest BCUT2D eigenvalue weighted by atomic mass is 32.2. The van der Waals surface area contributed by atoms with E-state index in [1.807, 2.05) is 30.8 Å². The van der Waals surface area contributed by atoms with Crippen LogP contribution in [0.3, 0.4) is 0 Å². The van der Waals surface area contributed by atoms with Gasteiger partial charge in [-0.05, 0) is 19.1 Å². The molecule has 0 radical (unpaired) electrons. The van der Waals surface area contributed by atoms with Gasteiger partial charge in [0.25, 0.3) is 0 Å². The predicted molar refractivity (Wildman–Crippen MR) is 62.4 cm³/mol. The zero-order valence-corrected chi connectivity index (χ0v) is 9.51. The van der Waals surface area contributed by atoms with Gasteiger partial charge < -0.3 is 5.32 Å². The van der Waals surface area contributed by atoms with Gasteiger partial charge in [0.2, 0.25) is 0 Å². The minimum atomic E-state index is -0.0340. The Balaban J connectivity index is 2.09. The summed E-state index contributed by atoms with van der Waals surface area (Å²) in [6.07, 6.45) is 1.67. The molecule has 0 saturated carbocycles. The van der Waals surface area contributed by atoms with Crippen LogP contribution in [0.2, 0.25) is 0 Å². The minimum Gasteiger partial charge on any atom is -0.306 e. The molecule has 1 fully saturated rings. The number of hydrogen-bond acceptors (Lipinski definition) is 4. The second-order valence-corrected chi connectivity index (χ2v) is 4.78. The van der Waals surface area contributed by atoms with Crippen molar-refractivity contribution in [3.8, 4) is 0 Å². The molecule has 1 unspecified atom stereocenters. The number of nitrogens with one attached hydrogen (secondary N) is 1. The van der Waals surface area contributed by atoms with Crippen LogP contribution in [0.1, 0.15) is 16.1 Å². The van der Waals surface area contributed by atoms with E-state index in [0.29, 0.717) is 5.56 Å². The van der Waals surface area contributed by atoms with Gasteiger partial charge in [-0.15, -0.1) is 0 Å². The highest BCUT2D eigenvalue weighted by Crippen LogP contribution is 2.12. The van der Waals surface area contributed by atoms with Crippen LogP contribution in [0.5, 0.6) is 0 Å². The smallest absolute Gasteiger partial charge is 0.182 e. The van der Waals surface area contributed by atoms with E-state index in [0.717, 1.165) is 23.7 Å². The molecule has 2 heterocycles. The summed E-state index contributed by atoms with van der Waals surface area (Å²) in [6.45, 7) is 2.84. The Morgan fingerprint density at radius 3 is 3.07 bits per heavy atom. The summed E-state index contributed by atoms with van der Waals surface area (Å²) in [4.78, 5) is 16.1. The second kappa shape index (κ2) is 4.77. The zero-order chi connectivity index (χ0) is 10.7. The van der Waals surface area contributed by atoms with E-state index < -0.39 is 0 Å². The van der Waals surface area contributed by atoms with Crippen LogP contribution >= 0.6 is 11.8 Å². The lowest BCUT2D eigenvalue weighted by Crippen LogP contribution is -2.43. The van der Waals surface area contributed by atoms with Crippen LogP contribution in [0.15, 0.2) is 18.3 Å². The Bertz CT molecular complexity index is 344. The third-order valence-electron chi connectivity index (χ3n) is 2.43. The third kappa shape index (κ3) is 2.58. The lowest BCUT2D eigenvalue weighted by Gasteiger charge is -2.21. The molecule has 1 N–H and O–H groups in total. The fourth-order valence-corrected chi connectivity index (χ4v) is 2.48. The lowest BCUT2D eigenvalue weighted by molar-refractivity contribution is 0.0952. The van der Waals surface area contributed by atoms with E-state index in [-0.39, 0.29) is 11.8 Å². The summed E-state index contributed by atoms with van der Waals surface area (Å²) in [5.74, 6) is 2.12. The average molecular weight is 222 g/mol. The molecule has 0 aliphatic carbocycles. The van der Waals surface area contributed by atoms with Gasteiger partial charge in [-0.25, -0.2) is 0 Å². The molecule has 1 saturated heterocycles. The number of nitrogens with zero attached hydrogens (tertiary/aromatic N) is 1. The number of hydrogen-bond donors (Lipinski definition) is 1. The highest BCUT2D eigenvalue weighted by Gasteiger charge is 2.22. The first kappa shape index (κ1) is 10.6. The van der Waals surface area contributed by atoms with E-state index in [2.05, 4.69) is 10.3 Å². The molecule has 1 aromatic rings. The van der Waals surface area contributed by atoms with E-state index in [1.54, 1.807) is 6.20 Å². The average Bonchev–Trinajstić information content (AvgIpc) is 2.30. The quantitative estimate of drug-likeness (QED) is 0.765. The predicted octanol–water partition coefficient (Wildman–Crippen LogP) is 1.28. The summed E-state index contributed by atoms with van der Waals surface area (Å²) in [5, 5.41) is 3.23. The molecule has 80 valence electrons. The third-order valence-corrected chi connectivity index (χ3v) is 3.50. The summed E-state index contributed by atoms with van der Waals surface area (Å²) in [6, 6.07) is 3.70. The largest absolute Gasteiger partial charge is 0.306 e. The minimum absolute atomic E-state index is 0.0340. The van der Waals surface area contributed by atoms with Gasteiger partial charge in [-0.3, -0.25) is 9.78 Å². The van der Waals surface area contributed by atoms with Crippen molar-refractivity contribution in [1.82, 2.24) is 10.3 Å². The van der Waals surface area contributed by atoms with Crippen molar-refractivity contribution in [2.45, 2.75) is 13.0 Å².